The third-order valence-corrected chi connectivity index (χ3v) is 3.03. The van der Waals surface area contributed by atoms with Gasteiger partial charge in [-0.2, -0.15) is 0 Å². The largest absolute Gasteiger partial charge is 0.333 e. The Balaban J connectivity index is 2.80. The fourth-order valence-corrected chi connectivity index (χ4v) is 2.09. The van der Waals surface area contributed by atoms with E-state index in [1.165, 1.54) is 12.1 Å². The van der Waals surface area contributed by atoms with Crippen molar-refractivity contribution in [2.75, 3.05) is 0 Å². The highest BCUT2D eigenvalue weighted by atomic mass is 79.9. The van der Waals surface area contributed by atoms with Gasteiger partial charge in [0.25, 0.3) is 0 Å². The lowest BCUT2D eigenvalue weighted by Crippen LogP contribution is -2.07. The smallest absolute Gasteiger partial charge is 0.127 e. The van der Waals surface area contributed by atoms with Crippen molar-refractivity contribution >= 4 is 15.9 Å². The Labute approximate surface area is 93.8 Å². The zero-order valence-corrected chi connectivity index (χ0v) is 10.6. The zero-order valence-electron chi connectivity index (χ0n) is 9.05. The molecular formula is C10H18BrN3. The molecule has 3 nitrogen and oxygen atoms in total. The number of imidazole rings is 1. The van der Waals surface area contributed by atoms with Crippen LogP contribution in [0.15, 0.2) is 4.60 Å². The zero-order chi connectivity index (χ0) is 10.7. The van der Waals surface area contributed by atoms with Crippen LogP contribution in [-0.4, -0.2) is 9.55 Å². The van der Waals surface area contributed by atoms with E-state index in [2.05, 4.69) is 39.3 Å². The number of rotatable bonds is 4. The van der Waals surface area contributed by atoms with Gasteiger partial charge in [0.2, 0.25) is 0 Å². The molecule has 1 aromatic heterocycles. The van der Waals surface area contributed by atoms with Crippen molar-refractivity contribution in [3.63, 3.8) is 0 Å². The maximum Gasteiger partial charge on any atom is 0.127 e. The lowest BCUT2D eigenvalue weighted by molar-refractivity contribution is 0.570. The summed E-state index contributed by atoms with van der Waals surface area (Å²) in [5.74, 6) is 1.66. The summed E-state index contributed by atoms with van der Waals surface area (Å²) in [6.07, 6.45) is 2.24. The van der Waals surface area contributed by atoms with E-state index in [0.29, 0.717) is 6.54 Å². The van der Waals surface area contributed by atoms with Crippen LogP contribution in [0.5, 0.6) is 0 Å². The first-order valence-corrected chi connectivity index (χ1v) is 5.75. The minimum absolute atomic E-state index is 0.497. The third-order valence-electron chi connectivity index (χ3n) is 2.40. The van der Waals surface area contributed by atoms with Gasteiger partial charge in [0, 0.05) is 7.05 Å². The first-order chi connectivity index (χ1) is 6.56. The molecule has 0 spiro atoms. The fraction of sp³-hybridized carbons (Fsp3) is 0.700. The summed E-state index contributed by atoms with van der Waals surface area (Å²) in [4.78, 5) is 4.36. The number of nitrogens with zero attached hydrogens (tertiary/aromatic N) is 2. The molecular weight excluding hydrogens is 242 g/mol. The Morgan fingerprint density at radius 2 is 2.14 bits per heavy atom. The first kappa shape index (κ1) is 11.7. The summed E-state index contributed by atoms with van der Waals surface area (Å²) in [6, 6.07) is 0. The number of hydrogen-bond acceptors (Lipinski definition) is 2. The molecule has 0 radical (unpaired) electrons. The molecule has 0 atom stereocenters. The molecule has 2 N–H and O–H groups in total. The summed E-state index contributed by atoms with van der Waals surface area (Å²) in [5, 5.41) is 0. The molecule has 80 valence electrons. The molecule has 0 amide bonds. The molecule has 1 rings (SSSR count). The normalized spacial score (nSPS) is 11.3. The van der Waals surface area contributed by atoms with Crippen molar-refractivity contribution in [1.29, 1.82) is 0 Å². The van der Waals surface area contributed by atoms with E-state index in [9.17, 15) is 0 Å². The Kier molecular flexibility index (Phi) is 4.13. The maximum absolute atomic E-state index is 5.58. The Morgan fingerprint density at radius 1 is 1.50 bits per heavy atom. The maximum atomic E-state index is 5.58. The third kappa shape index (κ3) is 2.58. The average molecular weight is 260 g/mol. The second kappa shape index (κ2) is 4.94. The van der Waals surface area contributed by atoms with Crippen LogP contribution in [-0.2, 0) is 20.0 Å². The topological polar surface area (TPSA) is 43.8 Å². The quantitative estimate of drug-likeness (QED) is 0.902. The van der Waals surface area contributed by atoms with Crippen LogP contribution in [0.3, 0.4) is 0 Å². The van der Waals surface area contributed by atoms with Crippen LogP contribution in [0.2, 0.25) is 0 Å². The van der Waals surface area contributed by atoms with Gasteiger partial charge in [-0.25, -0.2) is 4.98 Å². The predicted molar refractivity (Wildman–Crippen MR) is 62.0 cm³/mol. The molecule has 1 heterocycles. The molecule has 0 aliphatic heterocycles. The molecule has 14 heavy (non-hydrogen) atoms. The van der Waals surface area contributed by atoms with Gasteiger partial charge in [0.1, 0.15) is 10.4 Å². The van der Waals surface area contributed by atoms with Gasteiger partial charge in [-0.3, -0.25) is 0 Å². The lowest BCUT2D eigenvalue weighted by Gasteiger charge is -2.07. The SMILES string of the molecule is CC(C)CCc1c(Br)nc(CN)n1C. The second-order valence-electron chi connectivity index (χ2n) is 3.96. The Morgan fingerprint density at radius 3 is 2.57 bits per heavy atom. The molecule has 0 aliphatic rings. The van der Waals surface area contributed by atoms with Gasteiger partial charge in [0.15, 0.2) is 0 Å². The first-order valence-electron chi connectivity index (χ1n) is 4.96. The van der Waals surface area contributed by atoms with Crippen LogP contribution in [0.25, 0.3) is 0 Å². The van der Waals surface area contributed by atoms with E-state index in [0.717, 1.165) is 22.8 Å². The summed E-state index contributed by atoms with van der Waals surface area (Å²) < 4.78 is 3.04. The van der Waals surface area contributed by atoms with Gasteiger partial charge >= 0.3 is 0 Å². The van der Waals surface area contributed by atoms with Gasteiger partial charge < -0.3 is 10.3 Å². The highest BCUT2D eigenvalue weighted by Crippen LogP contribution is 2.19. The highest BCUT2D eigenvalue weighted by Gasteiger charge is 2.11. The van der Waals surface area contributed by atoms with Gasteiger partial charge in [0.05, 0.1) is 12.2 Å². The van der Waals surface area contributed by atoms with E-state index < -0.39 is 0 Å². The molecule has 4 heteroatoms. The summed E-state index contributed by atoms with van der Waals surface area (Å²) in [5.41, 5.74) is 6.83. The van der Waals surface area contributed by atoms with Crippen molar-refractivity contribution in [2.45, 2.75) is 33.2 Å². The minimum atomic E-state index is 0.497. The molecule has 0 fully saturated rings. The molecule has 0 saturated heterocycles. The van der Waals surface area contributed by atoms with Crippen molar-refractivity contribution in [1.82, 2.24) is 9.55 Å². The number of halogens is 1. The fourth-order valence-electron chi connectivity index (χ4n) is 1.43. The van der Waals surface area contributed by atoms with Crippen molar-refractivity contribution in [3.05, 3.63) is 16.1 Å². The summed E-state index contributed by atoms with van der Waals surface area (Å²) in [6.45, 7) is 4.96. The second-order valence-corrected chi connectivity index (χ2v) is 4.71. The van der Waals surface area contributed by atoms with Crippen molar-refractivity contribution in [2.24, 2.45) is 18.7 Å². The molecule has 0 aliphatic carbocycles. The molecule has 0 unspecified atom stereocenters. The van der Waals surface area contributed by atoms with Crippen LogP contribution in [0.1, 0.15) is 31.8 Å². The molecule has 0 saturated carbocycles. The van der Waals surface area contributed by atoms with Crippen LogP contribution in [0, 0.1) is 5.92 Å². The van der Waals surface area contributed by atoms with E-state index in [1.807, 2.05) is 7.05 Å². The standard InChI is InChI=1S/C10H18BrN3/c1-7(2)4-5-8-10(11)13-9(6-12)14(8)3/h7H,4-6,12H2,1-3H3. The van der Waals surface area contributed by atoms with Crippen LogP contribution in [0.4, 0.5) is 0 Å². The summed E-state index contributed by atoms with van der Waals surface area (Å²) in [7, 11) is 2.02. The monoisotopic (exact) mass is 259 g/mol. The molecule has 0 aromatic carbocycles. The Hall–Kier alpha value is -0.350. The van der Waals surface area contributed by atoms with Crippen LogP contribution < -0.4 is 5.73 Å². The number of nitrogens with two attached hydrogens (primary N) is 1. The average Bonchev–Trinajstić information content (AvgIpc) is 2.39. The number of hydrogen-bond donors (Lipinski definition) is 1. The van der Waals surface area contributed by atoms with Crippen molar-refractivity contribution < 1.29 is 0 Å². The number of aromatic nitrogens is 2. The molecule has 0 bridgehead atoms. The minimum Gasteiger partial charge on any atom is -0.333 e. The van der Waals surface area contributed by atoms with Crippen LogP contribution >= 0.6 is 15.9 Å². The van der Waals surface area contributed by atoms with Gasteiger partial charge in [-0.1, -0.05) is 13.8 Å². The van der Waals surface area contributed by atoms with Crippen molar-refractivity contribution in [3.8, 4) is 0 Å². The van der Waals surface area contributed by atoms with E-state index >= 15 is 0 Å². The van der Waals surface area contributed by atoms with Gasteiger partial charge in [-0.15, -0.1) is 0 Å². The lowest BCUT2D eigenvalue weighted by atomic mass is 10.1. The highest BCUT2D eigenvalue weighted by molar-refractivity contribution is 9.10. The van der Waals surface area contributed by atoms with E-state index in [-0.39, 0.29) is 0 Å². The molecule has 1 aromatic rings. The van der Waals surface area contributed by atoms with Gasteiger partial charge in [-0.05, 0) is 34.7 Å². The Bertz CT molecular complexity index is 305. The van der Waals surface area contributed by atoms with E-state index in [1.54, 1.807) is 0 Å². The van der Waals surface area contributed by atoms with E-state index in [4.69, 9.17) is 5.73 Å². The summed E-state index contributed by atoms with van der Waals surface area (Å²) >= 11 is 3.47. The predicted octanol–water partition coefficient (Wildman–Crippen LogP) is 2.23.